The third kappa shape index (κ3) is 3.70. The van der Waals surface area contributed by atoms with E-state index >= 15 is 0 Å². The molecule has 0 aliphatic carbocycles. The van der Waals surface area contributed by atoms with Crippen molar-refractivity contribution in [3.05, 3.63) is 61.3 Å². The minimum Gasteiger partial charge on any atom is -0.493 e. The summed E-state index contributed by atoms with van der Waals surface area (Å²) < 4.78 is 8.62. The van der Waals surface area contributed by atoms with Gasteiger partial charge in [-0.15, -0.1) is 0 Å². The highest BCUT2D eigenvalue weighted by Crippen LogP contribution is 2.24. The van der Waals surface area contributed by atoms with Crippen LogP contribution in [0.4, 0.5) is 5.69 Å². The first-order valence-corrected chi connectivity index (χ1v) is 9.40. The van der Waals surface area contributed by atoms with Crippen LogP contribution in [-0.4, -0.2) is 26.6 Å². The van der Waals surface area contributed by atoms with Crippen molar-refractivity contribution in [3.63, 3.8) is 0 Å². The molecule has 0 unspecified atom stereocenters. The fraction of sp³-hybridized carbons (Fsp3) is 0.263. The number of nitrogens with one attached hydrogen (secondary N) is 1. The van der Waals surface area contributed by atoms with Gasteiger partial charge in [0.25, 0.3) is 5.56 Å². The standard InChI is InChI=1S/C19H19BrN4O4/c1-4-28-16-11(2)9-21-17-15(16)18(26)24(19(27)23(17)3)10-14(25)22-13-7-5-12(20)6-8-13/h5-9H,4,10H2,1-3H3,(H,22,25). The van der Waals surface area contributed by atoms with E-state index in [0.29, 0.717) is 23.6 Å². The Kier molecular flexibility index (Phi) is 5.64. The quantitative estimate of drug-likeness (QED) is 0.647. The molecule has 1 amide bonds. The second-order valence-corrected chi connectivity index (χ2v) is 7.11. The predicted molar refractivity (Wildman–Crippen MR) is 110 cm³/mol. The van der Waals surface area contributed by atoms with Crippen LogP contribution in [-0.2, 0) is 18.4 Å². The Balaban J connectivity index is 2.06. The van der Waals surface area contributed by atoms with E-state index in [1.807, 2.05) is 0 Å². The number of benzene rings is 1. The van der Waals surface area contributed by atoms with Gasteiger partial charge in [0.2, 0.25) is 5.91 Å². The summed E-state index contributed by atoms with van der Waals surface area (Å²) in [5.41, 5.74) is 0.224. The first-order valence-electron chi connectivity index (χ1n) is 8.60. The van der Waals surface area contributed by atoms with E-state index in [0.717, 1.165) is 9.04 Å². The highest BCUT2D eigenvalue weighted by Gasteiger charge is 2.19. The molecule has 9 heteroatoms. The fourth-order valence-electron chi connectivity index (χ4n) is 2.87. The number of anilines is 1. The van der Waals surface area contributed by atoms with Gasteiger partial charge in [0.15, 0.2) is 5.65 Å². The molecule has 0 radical (unpaired) electrons. The third-order valence-electron chi connectivity index (χ3n) is 4.20. The molecule has 0 saturated heterocycles. The lowest BCUT2D eigenvalue weighted by molar-refractivity contribution is -0.116. The molecule has 0 atom stereocenters. The Bertz CT molecular complexity index is 1170. The normalized spacial score (nSPS) is 10.9. The monoisotopic (exact) mass is 446 g/mol. The number of hydrogen-bond acceptors (Lipinski definition) is 5. The summed E-state index contributed by atoms with van der Waals surface area (Å²) >= 11 is 3.32. The zero-order chi connectivity index (χ0) is 20.4. The van der Waals surface area contributed by atoms with Gasteiger partial charge >= 0.3 is 5.69 Å². The molecule has 0 bridgehead atoms. The molecule has 0 fully saturated rings. The van der Waals surface area contributed by atoms with Crippen molar-refractivity contribution in [2.24, 2.45) is 7.05 Å². The Morgan fingerprint density at radius 3 is 2.57 bits per heavy atom. The van der Waals surface area contributed by atoms with Crippen molar-refractivity contribution in [1.29, 1.82) is 0 Å². The van der Waals surface area contributed by atoms with Gasteiger partial charge in [0, 0.05) is 29.0 Å². The highest BCUT2D eigenvalue weighted by atomic mass is 79.9. The maximum absolute atomic E-state index is 13.0. The Morgan fingerprint density at radius 2 is 1.93 bits per heavy atom. The zero-order valence-corrected chi connectivity index (χ0v) is 17.2. The first-order chi connectivity index (χ1) is 13.3. The van der Waals surface area contributed by atoms with Gasteiger partial charge < -0.3 is 10.1 Å². The summed E-state index contributed by atoms with van der Waals surface area (Å²) in [5.74, 6) is -0.116. The van der Waals surface area contributed by atoms with Crippen LogP contribution in [0.5, 0.6) is 5.75 Å². The van der Waals surface area contributed by atoms with Gasteiger partial charge in [-0.3, -0.25) is 14.2 Å². The van der Waals surface area contributed by atoms with Crippen LogP contribution in [0.1, 0.15) is 12.5 Å². The number of carbonyl (C=O) groups is 1. The van der Waals surface area contributed by atoms with Crippen LogP contribution in [0.3, 0.4) is 0 Å². The average Bonchev–Trinajstić information content (AvgIpc) is 2.67. The van der Waals surface area contributed by atoms with Crippen molar-refractivity contribution in [1.82, 2.24) is 14.1 Å². The second kappa shape index (κ2) is 7.97. The van der Waals surface area contributed by atoms with Crippen molar-refractivity contribution in [2.75, 3.05) is 11.9 Å². The summed E-state index contributed by atoms with van der Waals surface area (Å²) in [6.45, 7) is 3.51. The van der Waals surface area contributed by atoms with Gasteiger partial charge in [-0.1, -0.05) is 15.9 Å². The predicted octanol–water partition coefficient (Wildman–Crippen LogP) is 2.20. The van der Waals surface area contributed by atoms with Gasteiger partial charge in [-0.2, -0.15) is 0 Å². The van der Waals surface area contributed by atoms with Crippen LogP contribution in [0.25, 0.3) is 11.0 Å². The SMILES string of the molecule is CCOc1c(C)cnc2c1c(=O)n(CC(=O)Nc1ccc(Br)cc1)c(=O)n2C. The molecule has 8 nitrogen and oxygen atoms in total. The Labute approximate surface area is 168 Å². The molecule has 146 valence electrons. The van der Waals surface area contributed by atoms with Crippen LogP contribution in [0.2, 0.25) is 0 Å². The second-order valence-electron chi connectivity index (χ2n) is 6.19. The first kappa shape index (κ1) is 19.8. The third-order valence-corrected chi connectivity index (χ3v) is 4.73. The van der Waals surface area contributed by atoms with Crippen LogP contribution in [0, 0.1) is 6.92 Å². The van der Waals surface area contributed by atoms with Crippen molar-refractivity contribution >= 4 is 38.6 Å². The summed E-state index contributed by atoms with van der Waals surface area (Å²) in [4.78, 5) is 42.3. The average molecular weight is 447 g/mol. The molecule has 3 rings (SSSR count). The number of aromatic nitrogens is 3. The van der Waals surface area contributed by atoms with Gasteiger partial charge in [0.05, 0.1) is 6.61 Å². The van der Waals surface area contributed by atoms with E-state index in [2.05, 4.69) is 26.2 Å². The van der Waals surface area contributed by atoms with Gasteiger partial charge in [-0.05, 0) is 38.1 Å². The number of fused-ring (bicyclic) bond motifs is 1. The molecule has 2 aromatic heterocycles. The number of pyridine rings is 1. The molecular formula is C19H19BrN4O4. The number of ether oxygens (including phenoxy) is 1. The molecule has 0 saturated carbocycles. The molecule has 0 aliphatic rings. The van der Waals surface area contributed by atoms with Crippen LogP contribution in [0.15, 0.2) is 44.5 Å². The van der Waals surface area contributed by atoms with Gasteiger partial charge in [0.1, 0.15) is 17.7 Å². The Hall–Kier alpha value is -2.94. The molecule has 3 aromatic rings. The summed E-state index contributed by atoms with van der Waals surface area (Å²) in [7, 11) is 1.51. The molecule has 1 N–H and O–H groups in total. The molecule has 0 spiro atoms. The van der Waals surface area contributed by atoms with E-state index in [1.54, 1.807) is 44.3 Å². The number of halogens is 1. The minimum absolute atomic E-state index is 0.181. The lowest BCUT2D eigenvalue weighted by atomic mass is 10.2. The maximum Gasteiger partial charge on any atom is 0.332 e. The van der Waals surface area contributed by atoms with Crippen molar-refractivity contribution < 1.29 is 9.53 Å². The number of carbonyl (C=O) groups excluding carboxylic acids is 1. The van der Waals surface area contributed by atoms with Crippen molar-refractivity contribution in [2.45, 2.75) is 20.4 Å². The largest absolute Gasteiger partial charge is 0.493 e. The molecule has 0 aliphatic heterocycles. The molecular weight excluding hydrogens is 428 g/mol. The van der Waals surface area contributed by atoms with Crippen LogP contribution < -0.4 is 21.3 Å². The summed E-state index contributed by atoms with van der Waals surface area (Å²) in [5, 5.41) is 2.86. The van der Waals surface area contributed by atoms with E-state index in [1.165, 1.54) is 11.6 Å². The number of rotatable bonds is 5. The van der Waals surface area contributed by atoms with Crippen LogP contribution >= 0.6 is 15.9 Å². The number of aryl methyl sites for hydroxylation is 2. The van der Waals surface area contributed by atoms with E-state index in [4.69, 9.17) is 4.74 Å². The number of hydrogen-bond donors (Lipinski definition) is 1. The fourth-order valence-corrected chi connectivity index (χ4v) is 3.13. The zero-order valence-electron chi connectivity index (χ0n) is 15.7. The topological polar surface area (TPSA) is 95.2 Å². The summed E-state index contributed by atoms with van der Waals surface area (Å²) in [6, 6.07) is 6.98. The number of amides is 1. The summed E-state index contributed by atoms with van der Waals surface area (Å²) in [6.07, 6.45) is 1.55. The van der Waals surface area contributed by atoms with E-state index < -0.39 is 23.7 Å². The highest BCUT2D eigenvalue weighted by molar-refractivity contribution is 9.10. The number of nitrogens with zero attached hydrogens (tertiary/aromatic N) is 3. The lowest BCUT2D eigenvalue weighted by Gasteiger charge is -2.14. The lowest BCUT2D eigenvalue weighted by Crippen LogP contribution is -2.42. The van der Waals surface area contributed by atoms with Crippen molar-refractivity contribution in [3.8, 4) is 5.75 Å². The Morgan fingerprint density at radius 1 is 1.25 bits per heavy atom. The molecule has 2 heterocycles. The smallest absolute Gasteiger partial charge is 0.332 e. The minimum atomic E-state index is -0.623. The van der Waals surface area contributed by atoms with Gasteiger partial charge in [-0.25, -0.2) is 14.3 Å². The maximum atomic E-state index is 13.0. The van der Waals surface area contributed by atoms with E-state index in [-0.39, 0.29) is 11.0 Å². The molecule has 28 heavy (non-hydrogen) atoms. The molecule has 1 aromatic carbocycles. The van der Waals surface area contributed by atoms with E-state index in [9.17, 15) is 14.4 Å².